The van der Waals surface area contributed by atoms with Crippen LogP contribution in [0, 0.1) is 0 Å². The minimum atomic E-state index is -0.182. The van der Waals surface area contributed by atoms with E-state index in [1.807, 2.05) is 0 Å². The summed E-state index contributed by atoms with van der Waals surface area (Å²) in [6, 6.07) is 75.6. The minimum absolute atomic E-state index is 0.0563. The van der Waals surface area contributed by atoms with Crippen molar-refractivity contribution in [3.8, 4) is 11.1 Å². The highest BCUT2D eigenvalue weighted by atomic mass is 15.2. The molecule has 2 heterocycles. The van der Waals surface area contributed by atoms with Crippen molar-refractivity contribution in [2.75, 3.05) is 9.80 Å². The summed E-state index contributed by atoms with van der Waals surface area (Å²) in [5, 5.41) is 20.9. The van der Waals surface area contributed by atoms with Crippen LogP contribution in [0.4, 0.5) is 34.1 Å². The lowest BCUT2D eigenvalue weighted by Gasteiger charge is -2.46. The number of hydrogen-bond acceptors (Lipinski definition) is 2. The van der Waals surface area contributed by atoms with E-state index in [4.69, 9.17) is 0 Å². The summed E-state index contributed by atoms with van der Waals surface area (Å²) in [7, 11) is 0. The number of nitrogens with zero attached hydrogens (tertiary/aromatic N) is 2. The number of hydrogen-bond donors (Lipinski definition) is 0. The summed E-state index contributed by atoms with van der Waals surface area (Å²) in [6.07, 6.45) is 0. The highest BCUT2D eigenvalue weighted by molar-refractivity contribution is 7.03. The third-order valence-electron chi connectivity index (χ3n) is 21.0. The Balaban J connectivity index is 1.14. The van der Waals surface area contributed by atoms with Gasteiger partial charge in [0.15, 0.2) is 0 Å². The van der Waals surface area contributed by atoms with Crippen LogP contribution in [0.1, 0.15) is 158 Å². The minimum Gasteiger partial charge on any atom is -0.311 e. The first-order valence-corrected chi connectivity index (χ1v) is 33.4. The van der Waals surface area contributed by atoms with Crippen molar-refractivity contribution in [1.29, 1.82) is 0 Å². The predicted molar refractivity (Wildman–Crippen MR) is 401 cm³/mol. The Bertz CT molecular complexity index is 5080. The van der Waals surface area contributed by atoms with Crippen molar-refractivity contribution < 1.29 is 0 Å². The summed E-state index contributed by atoms with van der Waals surface area (Å²) in [5.41, 5.74) is 21.2. The molecule has 2 aliphatic heterocycles. The highest BCUT2D eigenvalue weighted by Crippen LogP contribution is 2.53. The Kier molecular flexibility index (Phi) is 12.0. The van der Waals surface area contributed by atoms with E-state index in [1.54, 1.807) is 0 Å². The topological polar surface area (TPSA) is 6.48 Å². The molecule has 0 radical (unpaired) electrons. The van der Waals surface area contributed by atoms with Crippen LogP contribution in [-0.2, 0) is 32.5 Å². The van der Waals surface area contributed by atoms with E-state index in [0.717, 1.165) is 0 Å². The van der Waals surface area contributed by atoms with Gasteiger partial charge in [0.1, 0.15) is 0 Å². The standard InChI is InChI=1S/C88H85BN2/c1-83(2,3)60-44-61(84(4,5)6)47-64(46-60)90-72-40-56-27-31-66-70(87(13,14)15)35-29-50-25-33-68(78(56)76(50)66)80(72)89-81-69-34-26-51-30-36-71(88(16,17)18)67-32-28-57(79(69)77(51)67)41-73(81)91(65-48-62(85(7,8)9)45-63(49-65)86(10,11)12)75-43-59(42-74(90)82(75)89)55-24-23-54-37-52-21-19-20-22-53(52)38-58(54)39-55/h19-49H,1-18H3. The van der Waals surface area contributed by atoms with Crippen LogP contribution in [0.5, 0.6) is 0 Å². The Hall–Kier alpha value is -8.66. The second-order valence-electron chi connectivity index (χ2n) is 33.5. The summed E-state index contributed by atoms with van der Waals surface area (Å²) in [4.78, 5) is 5.48. The Labute approximate surface area is 539 Å². The van der Waals surface area contributed by atoms with Crippen LogP contribution in [0.25, 0.3) is 97.3 Å². The van der Waals surface area contributed by atoms with Crippen molar-refractivity contribution in [1.82, 2.24) is 0 Å². The molecule has 0 N–H and O–H groups in total. The molecule has 0 saturated carbocycles. The Morgan fingerprint density at radius 2 is 0.582 bits per heavy atom. The second-order valence-corrected chi connectivity index (χ2v) is 33.5. The summed E-state index contributed by atoms with van der Waals surface area (Å²) in [6.45, 7) is 42.7. The van der Waals surface area contributed by atoms with Crippen molar-refractivity contribution in [2.24, 2.45) is 0 Å². The van der Waals surface area contributed by atoms with Gasteiger partial charge in [0.05, 0.1) is 0 Å². The largest absolute Gasteiger partial charge is 0.311 e. The molecular formula is C88H85BN2. The number of rotatable bonds is 3. The summed E-state index contributed by atoms with van der Waals surface area (Å²) >= 11 is 0. The number of anilines is 6. The van der Waals surface area contributed by atoms with Gasteiger partial charge >= 0.3 is 0 Å². The molecular weight excluding hydrogens is 1100 g/mol. The molecule has 0 aromatic heterocycles. The van der Waals surface area contributed by atoms with E-state index >= 15 is 0 Å². The van der Waals surface area contributed by atoms with E-state index in [9.17, 15) is 0 Å². The molecule has 16 rings (SSSR count). The van der Waals surface area contributed by atoms with Gasteiger partial charge in [0, 0.05) is 34.1 Å². The molecule has 14 aromatic rings. The summed E-state index contributed by atoms with van der Waals surface area (Å²) < 4.78 is 0. The molecule has 2 aliphatic rings. The number of benzene rings is 14. The predicted octanol–water partition coefficient (Wildman–Crippen LogP) is 23.3. The van der Waals surface area contributed by atoms with Crippen LogP contribution in [0.3, 0.4) is 0 Å². The molecule has 0 amide bonds. The van der Waals surface area contributed by atoms with E-state index in [1.165, 1.54) is 181 Å². The van der Waals surface area contributed by atoms with Crippen LogP contribution in [0.2, 0.25) is 0 Å². The van der Waals surface area contributed by atoms with Crippen molar-refractivity contribution >= 4 is 143 Å². The van der Waals surface area contributed by atoms with Crippen molar-refractivity contribution in [2.45, 2.75) is 157 Å². The molecule has 3 heteroatoms. The Morgan fingerprint density at radius 1 is 0.242 bits per heavy atom. The maximum Gasteiger partial charge on any atom is 0.253 e. The zero-order valence-corrected chi connectivity index (χ0v) is 56.9. The normalized spacial score (nSPS) is 14.2. The van der Waals surface area contributed by atoms with E-state index in [2.05, 4.69) is 322 Å². The zero-order valence-electron chi connectivity index (χ0n) is 56.9. The van der Waals surface area contributed by atoms with Gasteiger partial charge in [-0.25, -0.2) is 0 Å². The fraction of sp³-hybridized carbons (Fsp3) is 0.273. The SMILES string of the molecule is CC(C)(C)c1cc(N2c3cc(-c4ccc5cc6ccccc6cc5c4)cc4c3B(c3c2cc2ccc5c(C(C)(C)C)ccc6ccc3c2c65)c2c(cc3ccc5c(C(C)(C)C)ccc6ccc2c3c65)N4c2cc(C(C)(C)C)cc(C(C)(C)C)c2)cc(C(C)(C)C)c1. The third-order valence-corrected chi connectivity index (χ3v) is 21.0. The van der Waals surface area contributed by atoms with Gasteiger partial charge in [-0.05, 0) is 246 Å². The van der Waals surface area contributed by atoms with Gasteiger partial charge < -0.3 is 9.80 Å². The average molecular weight is 1180 g/mol. The summed E-state index contributed by atoms with van der Waals surface area (Å²) in [5.74, 6) is 0. The highest BCUT2D eigenvalue weighted by Gasteiger charge is 2.47. The molecule has 14 aromatic carbocycles. The van der Waals surface area contributed by atoms with Crippen LogP contribution >= 0.6 is 0 Å². The van der Waals surface area contributed by atoms with Crippen LogP contribution in [0.15, 0.2) is 188 Å². The maximum atomic E-state index is 2.74. The molecule has 0 spiro atoms. The lowest BCUT2D eigenvalue weighted by molar-refractivity contribution is 0.568. The van der Waals surface area contributed by atoms with E-state index in [-0.39, 0.29) is 39.2 Å². The lowest BCUT2D eigenvalue weighted by Crippen LogP contribution is -2.62. The third kappa shape index (κ3) is 8.79. The first-order chi connectivity index (χ1) is 42.9. The first kappa shape index (κ1) is 57.5. The average Bonchev–Trinajstić information content (AvgIpc) is 0.675. The van der Waals surface area contributed by atoms with Gasteiger partial charge in [0.2, 0.25) is 0 Å². The van der Waals surface area contributed by atoms with E-state index < -0.39 is 0 Å². The van der Waals surface area contributed by atoms with Gasteiger partial charge in [-0.3, -0.25) is 0 Å². The number of fused-ring (bicyclic) bond motifs is 8. The fourth-order valence-corrected chi connectivity index (χ4v) is 16.1. The Morgan fingerprint density at radius 3 is 0.989 bits per heavy atom. The second kappa shape index (κ2) is 19.0. The monoisotopic (exact) mass is 1180 g/mol. The molecule has 91 heavy (non-hydrogen) atoms. The quantitative estimate of drug-likeness (QED) is 0.0988. The van der Waals surface area contributed by atoms with Crippen LogP contribution < -0.4 is 26.2 Å². The zero-order chi connectivity index (χ0) is 63.7. The molecule has 2 nitrogen and oxygen atoms in total. The van der Waals surface area contributed by atoms with Gasteiger partial charge in [0.25, 0.3) is 6.71 Å². The van der Waals surface area contributed by atoms with Gasteiger partial charge in [-0.2, -0.15) is 0 Å². The van der Waals surface area contributed by atoms with Crippen LogP contribution in [-0.4, -0.2) is 6.71 Å². The van der Waals surface area contributed by atoms with Crippen molar-refractivity contribution in [3.63, 3.8) is 0 Å². The fourth-order valence-electron chi connectivity index (χ4n) is 16.1. The maximum absolute atomic E-state index is 2.74. The molecule has 450 valence electrons. The first-order valence-electron chi connectivity index (χ1n) is 33.4. The molecule has 0 atom stereocenters. The smallest absolute Gasteiger partial charge is 0.253 e. The molecule has 0 fully saturated rings. The van der Waals surface area contributed by atoms with Crippen molar-refractivity contribution in [3.05, 3.63) is 221 Å². The van der Waals surface area contributed by atoms with Gasteiger partial charge in [-0.15, -0.1) is 0 Å². The lowest BCUT2D eigenvalue weighted by atomic mass is 9.32. The van der Waals surface area contributed by atoms with E-state index in [0.29, 0.717) is 0 Å². The molecule has 0 aliphatic carbocycles. The van der Waals surface area contributed by atoms with Gasteiger partial charge in [-0.1, -0.05) is 246 Å². The molecule has 0 saturated heterocycles. The molecule has 0 unspecified atom stereocenters. The molecule has 0 bridgehead atoms.